The first-order chi connectivity index (χ1) is 7.70. The highest BCUT2D eigenvalue weighted by molar-refractivity contribution is 5.74. The molecule has 16 heavy (non-hydrogen) atoms. The summed E-state index contributed by atoms with van der Waals surface area (Å²) in [4.78, 5) is 14.2. The Bertz CT molecular complexity index is 526. The maximum absolute atomic E-state index is 10.8. The molecule has 0 unspecified atom stereocenters. The zero-order valence-corrected chi connectivity index (χ0v) is 8.20. The van der Waals surface area contributed by atoms with Crippen LogP contribution in [0.1, 0.15) is 0 Å². The van der Waals surface area contributed by atoms with Crippen LogP contribution in [0.15, 0.2) is 42.6 Å². The number of nitro benzene ring substituents is 1. The molecule has 1 heterocycles. The lowest BCUT2D eigenvalue weighted by Gasteiger charge is -2.03. The van der Waals surface area contributed by atoms with E-state index in [2.05, 4.69) is 4.98 Å². The Balaban J connectivity index is 2.66. The third kappa shape index (κ3) is 1.70. The third-order valence-electron chi connectivity index (χ3n) is 2.14. The fraction of sp³-hybridized carbons (Fsp3) is 0. The van der Waals surface area contributed by atoms with Crippen molar-refractivity contribution in [1.82, 2.24) is 4.98 Å². The summed E-state index contributed by atoms with van der Waals surface area (Å²) in [5.74, 6) is -0.354. The van der Waals surface area contributed by atoms with Gasteiger partial charge in [0.05, 0.1) is 16.2 Å². The molecular weight excluding hydrogens is 208 g/mol. The van der Waals surface area contributed by atoms with Gasteiger partial charge in [-0.15, -0.1) is 0 Å². The second kappa shape index (κ2) is 3.98. The lowest BCUT2D eigenvalue weighted by Crippen LogP contribution is -1.93. The number of phenolic OH excluding ortho intramolecular Hbond substituents is 1. The van der Waals surface area contributed by atoms with Gasteiger partial charge in [-0.2, -0.15) is 0 Å². The van der Waals surface area contributed by atoms with Gasteiger partial charge in [0.15, 0.2) is 5.75 Å². The van der Waals surface area contributed by atoms with Gasteiger partial charge in [0.1, 0.15) is 0 Å². The molecule has 0 saturated heterocycles. The van der Waals surface area contributed by atoms with Crippen LogP contribution in [0, 0.1) is 10.1 Å². The Kier molecular flexibility index (Phi) is 2.51. The Hall–Kier alpha value is -2.43. The normalized spacial score (nSPS) is 10.0. The highest BCUT2D eigenvalue weighted by Crippen LogP contribution is 2.35. The molecule has 0 aliphatic heterocycles. The van der Waals surface area contributed by atoms with Crippen molar-refractivity contribution in [3.63, 3.8) is 0 Å². The lowest BCUT2D eigenvalue weighted by molar-refractivity contribution is -0.385. The zero-order valence-electron chi connectivity index (χ0n) is 8.20. The summed E-state index contributed by atoms with van der Waals surface area (Å²) in [5, 5.41) is 20.3. The van der Waals surface area contributed by atoms with Gasteiger partial charge in [-0.3, -0.25) is 15.1 Å². The van der Waals surface area contributed by atoms with E-state index in [4.69, 9.17) is 0 Å². The molecule has 2 rings (SSSR count). The maximum Gasteiger partial charge on any atom is 0.320 e. The third-order valence-corrected chi connectivity index (χ3v) is 2.14. The SMILES string of the molecule is O=[N+]([O-])c1c(O)cccc1-c1ccccn1. The van der Waals surface area contributed by atoms with Crippen molar-refractivity contribution in [3.05, 3.63) is 52.7 Å². The molecule has 0 fully saturated rings. The number of phenols is 1. The number of hydrogen-bond acceptors (Lipinski definition) is 4. The number of hydrogen-bond donors (Lipinski definition) is 1. The van der Waals surface area contributed by atoms with Crippen molar-refractivity contribution in [2.24, 2.45) is 0 Å². The van der Waals surface area contributed by atoms with E-state index in [0.29, 0.717) is 11.3 Å². The molecule has 5 nitrogen and oxygen atoms in total. The maximum atomic E-state index is 10.8. The van der Waals surface area contributed by atoms with Crippen molar-refractivity contribution in [2.45, 2.75) is 0 Å². The Morgan fingerprint density at radius 1 is 1.19 bits per heavy atom. The van der Waals surface area contributed by atoms with Crippen LogP contribution in [0.25, 0.3) is 11.3 Å². The lowest BCUT2D eigenvalue weighted by atomic mass is 10.1. The number of nitrogens with zero attached hydrogens (tertiary/aromatic N) is 2. The first kappa shape index (κ1) is 10.1. The van der Waals surface area contributed by atoms with Crippen LogP contribution in [-0.2, 0) is 0 Å². The van der Waals surface area contributed by atoms with Crippen LogP contribution in [-0.4, -0.2) is 15.0 Å². The monoisotopic (exact) mass is 216 g/mol. The highest BCUT2D eigenvalue weighted by Gasteiger charge is 2.20. The van der Waals surface area contributed by atoms with E-state index in [9.17, 15) is 15.2 Å². The van der Waals surface area contributed by atoms with E-state index < -0.39 is 4.92 Å². The van der Waals surface area contributed by atoms with Crippen molar-refractivity contribution >= 4 is 5.69 Å². The number of pyridine rings is 1. The van der Waals surface area contributed by atoms with E-state index in [-0.39, 0.29) is 11.4 Å². The number of benzene rings is 1. The molecule has 1 N–H and O–H groups in total. The van der Waals surface area contributed by atoms with Gasteiger partial charge in [0, 0.05) is 6.20 Å². The van der Waals surface area contributed by atoms with Gasteiger partial charge >= 0.3 is 5.69 Å². The van der Waals surface area contributed by atoms with Gasteiger partial charge in [0.25, 0.3) is 0 Å². The summed E-state index contributed by atoms with van der Waals surface area (Å²) in [6.45, 7) is 0. The first-order valence-corrected chi connectivity index (χ1v) is 4.58. The second-order valence-electron chi connectivity index (χ2n) is 3.15. The summed E-state index contributed by atoms with van der Waals surface area (Å²) < 4.78 is 0. The quantitative estimate of drug-likeness (QED) is 0.617. The molecule has 1 aromatic carbocycles. The smallest absolute Gasteiger partial charge is 0.320 e. The van der Waals surface area contributed by atoms with Crippen LogP contribution in [0.3, 0.4) is 0 Å². The van der Waals surface area contributed by atoms with E-state index in [1.807, 2.05) is 0 Å². The minimum atomic E-state index is -0.612. The van der Waals surface area contributed by atoms with Crippen molar-refractivity contribution in [3.8, 4) is 17.0 Å². The van der Waals surface area contributed by atoms with E-state index in [1.165, 1.54) is 6.07 Å². The van der Waals surface area contributed by atoms with Gasteiger partial charge in [-0.25, -0.2) is 0 Å². The predicted octanol–water partition coefficient (Wildman–Crippen LogP) is 2.36. The Labute approximate surface area is 91.2 Å². The molecule has 1 aromatic heterocycles. The molecule has 0 bridgehead atoms. The summed E-state index contributed by atoms with van der Waals surface area (Å²) in [6, 6.07) is 9.49. The zero-order chi connectivity index (χ0) is 11.5. The molecule has 0 atom stereocenters. The minimum Gasteiger partial charge on any atom is -0.502 e. The standard InChI is InChI=1S/C11H8N2O3/c14-10-6-3-4-8(11(10)13(15)16)9-5-1-2-7-12-9/h1-7,14H. The molecule has 0 saturated carbocycles. The first-order valence-electron chi connectivity index (χ1n) is 4.58. The van der Waals surface area contributed by atoms with Gasteiger partial charge < -0.3 is 5.11 Å². The molecule has 0 amide bonds. The summed E-state index contributed by atoms with van der Waals surface area (Å²) in [7, 11) is 0. The highest BCUT2D eigenvalue weighted by atomic mass is 16.6. The number of para-hydroxylation sites is 1. The second-order valence-corrected chi connectivity index (χ2v) is 3.15. The van der Waals surface area contributed by atoms with Crippen LogP contribution >= 0.6 is 0 Å². The largest absolute Gasteiger partial charge is 0.502 e. The van der Waals surface area contributed by atoms with Crippen molar-refractivity contribution in [2.75, 3.05) is 0 Å². The van der Waals surface area contributed by atoms with Gasteiger partial charge in [0.2, 0.25) is 0 Å². The molecule has 2 aromatic rings. The van der Waals surface area contributed by atoms with Crippen LogP contribution in [0.4, 0.5) is 5.69 Å². The topological polar surface area (TPSA) is 76.3 Å². The molecule has 0 aliphatic rings. The van der Waals surface area contributed by atoms with Crippen LogP contribution in [0.2, 0.25) is 0 Å². The summed E-state index contributed by atoms with van der Waals surface area (Å²) in [5.41, 5.74) is 0.455. The Morgan fingerprint density at radius 2 is 2.00 bits per heavy atom. The molecule has 0 radical (unpaired) electrons. The fourth-order valence-electron chi connectivity index (χ4n) is 1.45. The molecule has 0 spiro atoms. The number of aromatic nitrogens is 1. The average Bonchev–Trinajstić information content (AvgIpc) is 2.29. The van der Waals surface area contributed by atoms with Crippen molar-refractivity contribution < 1.29 is 10.0 Å². The molecule has 5 heteroatoms. The number of nitro groups is 1. The van der Waals surface area contributed by atoms with E-state index >= 15 is 0 Å². The van der Waals surface area contributed by atoms with Gasteiger partial charge in [-0.1, -0.05) is 12.1 Å². The molecule has 0 aliphatic carbocycles. The average molecular weight is 216 g/mol. The summed E-state index contributed by atoms with van der Waals surface area (Å²) in [6.07, 6.45) is 1.54. The van der Waals surface area contributed by atoms with E-state index in [0.717, 1.165) is 0 Å². The number of aromatic hydroxyl groups is 1. The van der Waals surface area contributed by atoms with Crippen LogP contribution < -0.4 is 0 Å². The number of rotatable bonds is 2. The van der Waals surface area contributed by atoms with Gasteiger partial charge in [-0.05, 0) is 24.3 Å². The molecule has 80 valence electrons. The molecular formula is C11H8N2O3. The minimum absolute atomic E-state index is 0.311. The van der Waals surface area contributed by atoms with Crippen LogP contribution in [0.5, 0.6) is 5.75 Å². The van der Waals surface area contributed by atoms with E-state index in [1.54, 1.807) is 36.5 Å². The summed E-state index contributed by atoms with van der Waals surface area (Å²) >= 11 is 0. The predicted molar refractivity (Wildman–Crippen MR) is 58.0 cm³/mol. The van der Waals surface area contributed by atoms with Crippen molar-refractivity contribution in [1.29, 1.82) is 0 Å². The fourth-order valence-corrected chi connectivity index (χ4v) is 1.45. The Morgan fingerprint density at radius 3 is 2.62 bits per heavy atom.